The van der Waals surface area contributed by atoms with E-state index in [4.69, 9.17) is 4.18 Å². The Morgan fingerprint density at radius 3 is 2.29 bits per heavy atom. The minimum absolute atomic E-state index is 0.0561. The highest BCUT2D eigenvalue weighted by molar-refractivity contribution is 7.86. The van der Waals surface area contributed by atoms with Gasteiger partial charge in [-0.3, -0.25) is 18.7 Å². The van der Waals surface area contributed by atoms with Crippen LogP contribution in [-0.2, 0) is 14.3 Å². The standard InChI is InChI=1S/C26H24N2O5S/c1-16(26(2,3)28-24(29)21-6-4-5-7-22(21)25(28)30)15-33-34(31,32)18-9-10-19-17(14-18)8-11-23-20(19)12-13-27-23/h4-14,16,27H,15H2,1-3H3. The molecule has 4 aromatic rings. The second-order valence-corrected chi connectivity index (χ2v) is 10.8. The van der Waals surface area contributed by atoms with Crippen LogP contribution in [0.2, 0.25) is 0 Å². The van der Waals surface area contributed by atoms with Crippen molar-refractivity contribution < 1.29 is 22.2 Å². The molecule has 1 aromatic heterocycles. The lowest BCUT2D eigenvalue weighted by atomic mass is 9.88. The number of rotatable bonds is 6. The van der Waals surface area contributed by atoms with Gasteiger partial charge in [0.05, 0.1) is 28.2 Å². The van der Waals surface area contributed by atoms with Crippen molar-refractivity contribution in [3.05, 3.63) is 78.0 Å². The minimum Gasteiger partial charge on any atom is -0.361 e. The Morgan fingerprint density at radius 2 is 1.62 bits per heavy atom. The molecule has 3 aromatic carbocycles. The molecule has 1 atom stereocenters. The van der Waals surface area contributed by atoms with Crippen LogP contribution in [0.15, 0.2) is 71.8 Å². The van der Waals surface area contributed by atoms with Gasteiger partial charge >= 0.3 is 0 Å². The lowest BCUT2D eigenvalue weighted by molar-refractivity contribution is 0.0323. The lowest BCUT2D eigenvalue weighted by Gasteiger charge is -2.38. The molecular formula is C26H24N2O5S. The van der Waals surface area contributed by atoms with Gasteiger partial charge in [0.1, 0.15) is 0 Å². The van der Waals surface area contributed by atoms with E-state index in [1.54, 1.807) is 57.2 Å². The fourth-order valence-corrected chi connectivity index (χ4v) is 5.43. The predicted octanol–water partition coefficient (Wildman–Crippen LogP) is 4.74. The first-order valence-electron chi connectivity index (χ1n) is 11.0. The zero-order valence-corrected chi connectivity index (χ0v) is 19.8. The second-order valence-electron chi connectivity index (χ2n) is 9.17. The van der Waals surface area contributed by atoms with Crippen molar-refractivity contribution in [1.82, 2.24) is 9.88 Å². The number of amides is 2. The van der Waals surface area contributed by atoms with E-state index in [0.29, 0.717) is 11.1 Å². The molecule has 0 spiro atoms. The minimum atomic E-state index is -4.05. The highest BCUT2D eigenvalue weighted by Crippen LogP contribution is 2.34. The molecule has 1 unspecified atom stereocenters. The summed E-state index contributed by atoms with van der Waals surface area (Å²) in [7, 11) is -4.05. The average molecular weight is 477 g/mol. The summed E-state index contributed by atoms with van der Waals surface area (Å²) in [6, 6.07) is 17.3. The highest BCUT2D eigenvalue weighted by Gasteiger charge is 2.46. The summed E-state index contributed by atoms with van der Waals surface area (Å²) < 4.78 is 31.4. The monoisotopic (exact) mass is 476 g/mol. The molecule has 0 aliphatic carbocycles. The van der Waals surface area contributed by atoms with E-state index in [9.17, 15) is 18.0 Å². The molecule has 0 saturated heterocycles. The molecule has 0 radical (unpaired) electrons. The Bertz CT molecular complexity index is 1530. The summed E-state index contributed by atoms with van der Waals surface area (Å²) in [4.78, 5) is 30.3. The maximum atomic E-state index is 13.0. The normalized spacial score (nSPS) is 15.3. The molecule has 0 bridgehead atoms. The molecule has 7 nitrogen and oxygen atoms in total. The second kappa shape index (κ2) is 7.78. The fourth-order valence-electron chi connectivity index (χ4n) is 4.40. The van der Waals surface area contributed by atoms with E-state index in [-0.39, 0.29) is 23.3 Å². The largest absolute Gasteiger partial charge is 0.361 e. The van der Waals surface area contributed by atoms with Crippen molar-refractivity contribution in [2.24, 2.45) is 5.92 Å². The zero-order valence-electron chi connectivity index (χ0n) is 19.0. The Kier molecular flexibility index (Phi) is 5.11. The lowest BCUT2D eigenvalue weighted by Crippen LogP contribution is -2.52. The number of aromatic amines is 1. The maximum Gasteiger partial charge on any atom is 0.297 e. The Morgan fingerprint density at radius 1 is 0.941 bits per heavy atom. The smallest absolute Gasteiger partial charge is 0.297 e. The van der Waals surface area contributed by atoms with Crippen LogP contribution in [0.4, 0.5) is 0 Å². The number of hydrogen-bond donors (Lipinski definition) is 1. The van der Waals surface area contributed by atoms with Crippen molar-refractivity contribution in [3.8, 4) is 0 Å². The van der Waals surface area contributed by atoms with Gasteiger partial charge in [-0.05, 0) is 61.0 Å². The third kappa shape index (κ3) is 3.41. The van der Waals surface area contributed by atoms with Crippen molar-refractivity contribution in [2.45, 2.75) is 31.2 Å². The molecule has 1 N–H and O–H groups in total. The number of benzene rings is 3. The third-order valence-corrected chi connectivity index (χ3v) is 8.14. The summed E-state index contributed by atoms with van der Waals surface area (Å²) in [5.41, 5.74) is 0.720. The number of carbonyl (C=O) groups is 2. The molecule has 2 amide bonds. The number of aromatic nitrogens is 1. The number of nitrogens with one attached hydrogen (secondary N) is 1. The SMILES string of the molecule is CC(COS(=O)(=O)c1ccc2c(ccc3[nH]ccc32)c1)C(C)(C)N1C(=O)c2ccccc2C1=O. The molecule has 1 aliphatic rings. The van der Waals surface area contributed by atoms with Crippen LogP contribution < -0.4 is 0 Å². The molecule has 5 rings (SSSR count). The molecule has 2 heterocycles. The summed E-state index contributed by atoms with van der Waals surface area (Å²) in [6.07, 6.45) is 1.84. The molecule has 8 heteroatoms. The van der Waals surface area contributed by atoms with Crippen LogP contribution in [0.1, 0.15) is 41.5 Å². The fraction of sp³-hybridized carbons (Fsp3) is 0.231. The molecular weight excluding hydrogens is 452 g/mol. The average Bonchev–Trinajstić information content (AvgIpc) is 3.40. The zero-order chi connectivity index (χ0) is 24.3. The summed E-state index contributed by atoms with van der Waals surface area (Å²) in [5, 5.41) is 2.74. The van der Waals surface area contributed by atoms with Gasteiger partial charge in [-0.1, -0.05) is 31.2 Å². The van der Waals surface area contributed by atoms with Gasteiger partial charge in [-0.15, -0.1) is 0 Å². The third-order valence-electron chi connectivity index (χ3n) is 6.86. The van der Waals surface area contributed by atoms with E-state index in [1.807, 2.05) is 24.4 Å². The van der Waals surface area contributed by atoms with Gasteiger partial charge in [0, 0.05) is 23.0 Å². The first kappa shape index (κ1) is 22.3. The van der Waals surface area contributed by atoms with E-state index >= 15 is 0 Å². The molecule has 34 heavy (non-hydrogen) atoms. The molecule has 0 saturated carbocycles. The number of carbonyl (C=O) groups excluding carboxylic acids is 2. The van der Waals surface area contributed by atoms with E-state index in [2.05, 4.69) is 4.98 Å². The van der Waals surface area contributed by atoms with Crippen molar-refractivity contribution >= 4 is 43.6 Å². The van der Waals surface area contributed by atoms with Gasteiger partial charge in [0.25, 0.3) is 21.9 Å². The van der Waals surface area contributed by atoms with Gasteiger partial charge in [0.15, 0.2) is 0 Å². The highest BCUT2D eigenvalue weighted by atomic mass is 32.2. The van der Waals surface area contributed by atoms with Gasteiger partial charge < -0.3 is 4.98 Å². The topological polar surface area (TPSA) is 96.5 Å². The summed E-state index contributed by atoms with van der Waals surface area (Å²) in [6.45, 7) is 5.07. The van der Waals surface area contributed by atoms with Crippen LogP contribution in [0.25, 0.3) is 21.7 Å². The van der Waals surface area contributed by atoms with Crippen molar-refractivity contribution in [1.29, 1.82) is 0 Å². The van der Waals surface area contributed by atoms with Crippen molar-refractivity contribution in [3.63, 3.8) is 0 Å². The molecule has 0 fully saturated rings. The van der Waals surface area contributed by atoms with Crippen LogP contribution in [-0.4, -0.2) is 42.3 Å². The first-order valence-corrected chi connectivity index (χ1v) is 12.4. The van der Waals surface area contributed by atoms with E-state index < -0.39 is 21.6 Å². The summed E-state index contributed by atoms with van der Waals surface area (Å²) in [5.74, 6) is -1.22. The van der Waals surface area contributed by atoms with Crippen LogP contribution >= 0.6 is 0 Å². The number of H-pyrrole nitrogens is 1. The number of nitrogens with zero attached hydrogens (tertiary/aromatic N) is 1. The van der Waals surface area contributed by atoms with Crippen LogP contribution in [0, 0.1) is 5.92 Å². The van der Waals surface area contributed by atoms with Gasteiger partial charge in [-0.25, -0.2) is 0 Å². The number of fused-ring (bicyclic) bond motifs is 4. The van der Waals surface area contributed by atoms with Crippen LogP contribution in [0.5, 0.6) is 0 Å². The maximum absolute atomic E-state index is 13.0. The quantitative estimate of drug-likeness (QED) is 0.320. The molecule has 174 valence electrons. The Hall–Kier alpha value is -3.49. The van der Waals surface area contributed by atoms with E-state index in [0.717, 1.165) is 21.7 Å². The van der Waals surface area contributed by atoms with Crippen molar-refractivity contribution in [2.75, 3.05) is 6.61 Å². The number of imide groups is 1. The van der Waals surface area contributed by atoms with Gasteiger partial charge in [-0.2, -0.15) is 8.42 Å². The van der Waals surface area contributed by atoms with E-state index in [1.165, 1.54) is 11.0 Å². The molecule has 1 aliphatic heterocycles. The predicted molar refractivity (Wildman–Crippen MR) is 129 cm³/mol. The van der Waals surface area contributed by atoms with Crippen LogP contribution in [0.3, 0.4) is 0 Å². The number of hydrogen-bond acceptors (Lipinski definition) is 5. The Labute approximate surface area is 197 Å². The Balaban J connectivity index is 1.36. The van der Waals surface area contributed by atoms with Gasteiger partial charge in [0.2, 0.25) is 0 Å². The summed E-state index contributed by atoms with van der Waals surface area (Å²) >= 11 is 0. The first-order chi connectivity index (χ1) is 16.1.